The van der Waals surface area contributed by atoms with Crippen molar-refractivity contribution in [2.24, 2.45) is 5.92 Å². The third-order valence-corrected chi connectivity index (χ3v) is 4.86. The zero-order valence-corrected chi connectivity index (χ0v) is 13.2. The van der Waals surface area contributed by atoms with Crippen LogP contribution in [-0.4, -0.2) is 24.4 Å². The Kier molecular flexibility index (Phi) is 4.46. The summed E-state index contributed by atoms with van der Waals surface area (Å²) in [5, 5.41) is 3.12. The summed E-state index contributed by atoms with van der Waals surface area (Å²) in [5.41, 5.74) is 2.12. The average Bonchev–Trinajstić information content (AvgIpc) is 3.16. The molecule has 2 aliphatic rings. The molecule has 4 nitrogen and oxygen atoms in total. The lowest BCUT2D eigenvalue weighted by Gasteiger charge is -2.20. The van der Waals surface area contributed by atoms with Crippen molar-refractivity contribution in [1.29, 1.82) is 0 Å². The molecule has 1 atom stereocenters. The van der Waals surface area contributed by atoms with Gasteiger partial charge in [-0.3, -0.25) is 9.59 Å². The highest BCUT2D eigenvalue weighted by Gasteiger charge is 2.36. The van der Waals surface area contributed by atoms with Gasteiger partial charge in [-0.2, -0.15) is 0 Å². The smallest absolute Gasteiger partial charge is 0.227 e. The summed E-state index contributed by atoms with van der Waals surface area (Å²) in [6, 6.07) is 8.29. The van der Waals surface area contributed by atoms with E-state index in [0.29, 0.717) is 19.0 Å². The molecule has 3 rings (SSSR count). The molecule has 2 amide bonds. The summed E-state index contributed by atoms with van der Waals surface area (Å²) in [7, 11) is 0. The second-order valence-corrected chi connectivity index (χ2v) is 6.38. The quantitative estimate of drug-likeness (QED) is 0.929. The molecule has 0 spiro atoms. The number of benzene rings is 1. The Morgan fingerprint density at radius 3 is 2.73 bits per heavy atom. The fourth-order valence-electron chi connectivity index (χ4n) is 3.58. The van der Waals surface area contributed by atoms with E-state index in [1.165, 1.54) is 12.8 Å². The SMILES string of the molecule is CCc1ccccc1N1C[C@@H](C(=O)NC2CCCC2)CC1=O. The van der Waals surface area contributed by atoms with Gasteiger partial charge in [-0.25, -0.2) is 0 Å². The van der Waals surface area contributed by atoms with E-state index in [1.807, 2.05) is 18.2 Å². The predicted octanol–water partition coefficient (Wildman–Crippen LogP) is 2.66. The van der Waals surface area contributed by atoms with Gasteiger partial charge in [0.05, 0.1) is 5.92 Å². The van der Waals surface area contributed by atoms with Gasteiger partial charge >= 0.3 is 0 Å². The predicted molar refractivity (Wildman–Crippen MR) is 86.7 cm³/mol. The maximum atomic E-state index is 12.4. The standard InChI is InChI=1S/C18H24N2O2/c1-2-13-7-3-6-10-16(13)20-12-14(11-17(20)21)18(22)19-15-8-4-5-9-15/h3,6-7,10,14-15H,2,4-5,8-9,11-12H2,1H3,(H,19,22)/t14-/m0/s1. The average molecular weight is 300 g/mol. The van der Waals surface area contributed by atoms with Crippen LogP contribution in [0.3, 0.4) is 0 Å². The maximum absolute atomic E-state index is 12.4. The van der Waals surface area contributed by atoms with E-state index in [9.17, 15) is 9.59 Å². The van der Waals surface area contributed by atoms with Gasteiger partial charge in [-0.05, 0) is 30.9 Å². The van der Waals surface area contributed by atoms with E-state index in [-0.39, 0.29) is 17.7 Å². The van der Waals surface area contributed by atoms with E-state index in [0.717, 1.165) is 30.5 Å². The van der Waals surface area contributed by atoms with Crippen LogP contribution < -0.4 is 10.2 Å². The molecule has 1 heterocycles. The van der Waals surface area contributed by atoms with Gasteiger partial charge < -0.3 is 10.2 Å². The van der Waals surface area contributed by atoms with E-state index < -0.39 is 0 Å². The Balaban J connectivity index is 1.68. The third-order valence-electron chi connectivity index (χ3n) is 4.86. The van der Waals surface area contributed by atoms with Gasteiger partial charge in [0.2, 0.25) is 11.8 Å². The van der Waals surface area contributed by atoms with Gasteiger partial charge in [0.15, 0.2) is 0 Å². The van der Waals surface area contributed by atoms with E-state index >= 15 is 0 Å². The number of nitrogens with zero attached hydrogens (tertiary/aromatic N) is 1. The first kappa shape index (κ1) is 15.1. The zero-order valence-electron chi connectivity index (χ0n) is 13.2. The Morgan fingerprint density at radius 1 is 1.27 bits per heavy atom. The first-order valence-corrected chi connectivity index (χ1v) is 8.37. The number of aryl methyl sites for hydroxylation is 1. The minimum absolute atomic E-state index is 0.0525. The Labute approximate surface area is 131 Å². The number of hydrogen-bond donors (Lipinski definition) is 1. The molecule has 2 fully saturated rings. The van der Waals surface area contributed by atoms with Crippen LogP contribution in [0.2, 0.25) is 0 Å². The topological polar surface area (TPSA) is 49.4 Å². The summed E-state index contributed by atoms with van der Waals surface area (Å²) in [6.45, 7) is 2.60. The molecule has 4 heteroatoms. The molecule has 22 heavy (non-hydrogen) atoms. The van der Waals surface area contributed by atoms with Crippen LogP contribution in [-0.2, 0) is 16.0 Å². The molecule has 1 aromatic carbocycles. The maximum Gasteiger partial charge on any atom is 0.227 e. The summed E-state index contributed by atoms with van der Waals surface area (Å²) in [5.74, 6) is -0.0952. The number of anilines is 1. The fraction of sp³-hybridized carbons (Fsp3) is 0.556. The number of carbonyl (C=O) groups is 2. The van der Waals surface area contributed by atoms with Crippen molar-refractivity contribution in [3.05, 3.63) is 29.8 Å². The van der Waals surface area contributed by atoms with Crippen LogP contribution in [0, 0.1) is 5.92 Å². The fourth-order valence-corrected chi connectivity index (χ4v) is 3.58. The summed E-state index contributed by atoms with van der Waals surface area (Å²) >= 11 is 0. The van der Waals surface area contributed by atoms with Crippen molar-refractivity contribution in [3.63, 3.8) is 0 Å². The normalized spacial score (nSPS) is 22.3. The van der Waals surface area contributed by atoms with Crippen LogP contribution in [0.1, 0.15) is 44.6 Å². The molecule has 1 N–H and O–H groups in total. The van der Waals surface area contributed by atoms with Gasteiger partial charge in [0.25, 0.3) is 0 Å². The molecule has 1 aromatic rings. The second-order valence-electron chi connectivity index (χ2n) is 6.38. The highest BCUT2D eigenvalue weighted by atomic mass is 16.2. The third kappa shape index (κ3) is 3.01. The molecule has 118 valence electrons. The lowest BCUT2D eigenvalue weighted by molar-refractivity contribution is -0.126. The largest absolute Gasteiger partial charge is 0.353 e. The monoisotopic (exact) mass is 300 g/mol. The van der Waals surface area contributed by atoms with Gasteiger partial charge in [-0.15, -0.1) is 0 Å². The second kappa shape index (κ2) is 6.51. The molecular formula is C18H24N2O2. The highest BCUT2D eigenvalue weighted by Crippen LogP contribution is 2.29. The van der Waals surface area contributed by atoms with Crippen LogP contribution in [0.4, 0.5) is 5.69 Å². The minimum atomic E-state index is -0.210. The van der Waals surface area contributed by atoms with Crippen molar-refractivity contribution in [2.45, 2.75) is 51.5 Å². The van der Waals surface area contributed by atoms with Crippen LogP contribution >= 0.6 is 0 Å². The van der Waals surface area contributed by atoms with E-state index in [1.54, 1.807) is 4.90 Å². The van der Waals surface area contributed by atoms with Crippen molar-refractivity contribution >= 4 is 17.5 Å². The van der Waals surface area contributed by atoms with Crippen LogP contribution in [0.15, 0.2) is 24.3 Å². The first-order chi connectivity index (χ1) is 10.7. The highest BCUT2D eigenvalue weighted by molar-refractivity contribution is 6.00. The molecule has 1 aliphatic carbocycles. The van der Waals surface area contributed by atoms with Gasteiger partial charge in [-0.1, -0.05) is 38.0 Å². The van der Waals surface area contributed by atoms with Crippen molar-refractivity contribution in [2.75, 3.05) is 11.4 Å². The Morgan fingerprint density at radius 2 is 2.00 bits per heavy atom. The van der Waals surface area contributed by atoms with Gasteiger partial charge in [0.1, 0.15) is 0 Å². The summed E-state index contributed by atoms with van der Waals surface area (Å²) in [6.07, 6.45) is 5.77. The first-order valence-electron chi connectivity index (χ1n) is 8.37. The lowest BCUT2D eigenvalue weighted by atomic mass is 10.1. The lowest BCUT2D eigenvalue weighted by Crippen LogP contribution is -2.38. The number of amides is 2. The number of carbonyl (C=O) groups excluding carboxylic acids is 2. The van der Waals surface area contributed by atoms with Crippen LogP contribution in [0.25, 0.3) is 0 Å². The minimum Gasteiger partial charge on any atom is -0.353 e. The van der Waals surface area contributed by atoms with E-state index in [4.69, 9.17) is 0 Å². The molecule has 1 aliphatic heterocycles. The molecule has 1 saturated heterocycles. The van der Waals surface area contributed by atoms with Crippen LogP contribution in [0.5, 0.6) is 0 Å². The summed E-state index contributed by atoms with van der Waals surface area (Å²) < 4.78 is 0. The number of rotatable bonds is 4. The number of nitrogens with one attached hydrogen (secondary N) is 1. The van der Waals surface area contributed by atoms with Crippen molar-refractivity contribution < 1.29 is 9.59 Å². The zero-order chi connectivity index (χ0) is 15.5. The van der Waals surface area contributed by atoms with Crippen molar-refractivity contribution in [3.8, 4) is 0 Å². The van der Waals surface area contributed by atoms with Crippen molar-refractivity contribution in [1.82, 2.24) is 5.32 Å². The van der Waals surface area contributed by atoms with Gasteiger partial charge in [0, 0.05) is 24.7 Å². The summed E-state index contributed by atoms with van der Waals surface area (Å²) in [4.78, 5) is 26.5. The Bertz CT molecular complexity index is 564. The van der Waals surface area contributed by atoms with E-state index in [2.05, 4.69) is 18.3 Å². The molecule has 0 unspecified atom stereocenters. The number of hydrogen-bond acceptors (Lipinski definition) is 2. The molecule has 1 saturated carbocycles. The molecule has 0 radical (unpaired) electrons. The molecule has 0 aromatic heterocycles. The Hall–Kier alpha value is -1.84. The molecule has 0 bridgehead atoms. The number of para-hydroxylation sites is 1. The molecular weight excluding hydrogens is 276 g/mol.